The molecule has 0 saturated carbocycles. The van der Waals surface area contributed by atoms with Gasteiger partial charge in [0.25, 0.3) is 0 Å². The molecule has 1 aliphatic heterocycles. The van der Waals surface area contributed by atoms with Crippen molar-refractivity contribution in [2.45, 2.75) is 25.3 Å². The van der Waals surface area contributed by atoms with Crippen LogP contribution in [-0.2, 0) is 14.4 Å². The van der Waals surface area contributed by atoms with Gasteiger partial charge in [0, 0.05) is 26.1 Å². The lowest BCUT2D eigenvalue weighted by Gasteiger charge is -2.31. The summed E-state index contributed by atoms with van der Waals surface area (Å²) in [6.45, 7) is 0.708. The van der Waals surface area contributed by atoms with Crippen LogP contribution in [-0.4, -0.2) is 60.0 Å². The number of primary amides is 1. The van der Waals surface area contributed by atoms with Crippen molar-refractivity contribution in [3.8, 4) is 0 Å². The van der Waals surface area contributed by atoms with Gasteiger partial charge in [0.05, 0.1) is 6.42 Å². The number of nitrogens with zero attached hydrogens (tertiary/aromatic N) is 1. The number of likely N-dealkylation sites (tertiary alicyclic amines) is 1. The number of nitrogens with two attached hydrogens (primary N) is 1. The zero-order valence-corrected chi connectivity index (χ0v) is 11.8. The van der Waals surface area contributed by atoms with E-state index in [4.69, 9.17) is 10.8 Å². The van der Waals surface area contributed by atoms with Crippen molar-refractivity contribution in [3.05, 3.63) is 0 Å². The van der Waals surface area contributed by atoms with E-state index in [2.05, 4.69) is 10.6 Å². The molecular formula is C12H20N4O5. The number of urea groups is 1. The fourth-order valence-electron chi connectivity index (χ4n) is 2.19. The molecule has 1 saturated heterocycles. The van der Waals surface area contributed by atoms with Gasteiger partial charge in [-0.2, -0.15) is 0 Å². The molecule has 0 spiro atoms. The molecule has 1 rings (SSSR count). The quantitative estimate of drug-likeness (QED) is 0.488. The molecule has 0 radical (unpaired) electrons. The molecule has 5 N–H and O–H groups in total. The first-order valence-electron chi connectivity index (χ1n) is 6.63. The van der Waals surface area contributed by atoms with Crippen LogP contribution in [0.4, 0.5) is 4.79 Å². The second-order valence-electron chi connectivity index (χ2n) is 4.89. The van der Waals surface area contributed by atoms with Gasteiger partial charge >= 0.3 is 12.0 Å². The monoisotopic (exact) mass is 300 g/mol. The molecule has 0 aromatic carbocycles. The second kappa shape index (κ2) is 7.46. The first-order valence-corrected chi connectivity index (χ1v) is 6.63. The van der Waals surface area contributed by atoms with Crippen molar-refractivity contribution in [1.82, 2.24) is 15.5 Å². The highest BCUT2D eigenvalue weighted by Gasteiger charge is 2.29. The van der Waals surface area contributed by atoms with E-state index in [1.165, 1.54) is 4.90 Å². The van der Waals surface area contributed by atoms with E-state index in [-0.39, 0.29) is 11.8 Å². The normalized spacial score (nSPS) is 16.9. The number of nitrogens with one attached hydrogen (secondary N) is 2. The molecule has 0 bridgehead atoms. The number of hydrogen-bond donors (Lipinski definition) is 4. The third kappa shape index (κ3) is 4.93. The molecule has 0 unspecified atom stereocenters. The van der Waals surface area contributed by atoms with Crippen LogP contribution in [0.1, 0.15) is 19.3 Å². The molecule has 4 amide bonds. The molecule has 1 atom stereocenters. The summed E-state index contributed by atoms with van der Waals surface area (Å²) in [5.41, 5.74) is 4.94. The smallest absolute Gasteiger partial charge is 0.326 e. The van der Waals surface area contributed by atoms with Crippen molar-refractivity contribution in [2.24, 2.45) is 11.7 Å². The zero-order chi connectivity index (χ0) is 16.0. The van der Waals surface area contributed by atoms with Crippen LogP contribution in [0.5, 0.6) is 0 Å². The average molecular weight is 300 g/mol. The number of carbonyl (C=O) groups excluding carboxylic acids is 3. The summed E-state index contributed by atoms with van der Waals surface area (Å²) >= 11 is 0. The molecule has 118 valence electrons. The highest BCUT2D eigenvalue weighted by molar-refractivity contribution is 5.87. The van der Waals surface area contributed by atoms with Crippen LogP contribution >= 0.6 is 0 Å². The predicted octanol–water partition coefficient (Wildman–Crippen LogP) is -1.52. The Morgan fingerprint density at radius 3 is 2.29 bits per heavy atom. The Bertz CT molecular complexity index is 431. The second-order valence-corrected chi connectivity index (χ2v) is 4.89. The Kier molecular flexibility index (Phi) is 5.94. The number of piperidine rings is 1. The Balaban J connectivity index is 2.51. The third-order valence-electron chi connectivity index (χ3n) is 3.40. The Labute approximate surface area is 121 Å². The van der Waals surface area contributed by atoms with Gasteiger partial charge in [-0.05, 0) is 12.8 Å². The van der Waals surface area contributed by atoms with E-state index in [1.807, 2.05) is 0 Å². The number of carboxylic acid groups (broad SMARTS) is 1. The topological polar surface area (TPSA) is 142 Å². The summed E-state index contributed by atoms with van der Waals surface area (Å²) in [4.78, 5) is 46.6. The van der Waals surface area contributed by atoms with E-state index in [1.54, 1.807) is 7.05 Å². The predicted molar refractivity (Wildman–Crippen MR) is 72.1 cm³/mol. The number of carboxylic acids is 1. The van der Waals surface area contributed by atoms with Gasteiger partial charge in [-0.25, -0.2) is 9.59 Å². The maximum Gasteiger partial charge on any atom is 0.326 e. The van der Waals surface area contributed by atoms with Gasteiger partial charge in [0.15, 0.2) is 0 Å². The van der Waals surface area contributed by atoms with Crippen LogP contribution < -0.4 is 16.4 Å². The summed E-state index contributed by atoms with van der Waals surface area (Å²) in [6, 6.07) is -1.91. The van der Waals surface area contributed by atoms with E-state index in [0.717, 1.165) is 0 Å². The van der Waals surface area contributed by atoms with Crippen molar-refractivity contribution in [2.75, 3.05) is 20.1 Å². The van der Waals surface area contributed by atoms with Crippen LogP contribution in [0.25, 0.3) is 0 Å². The number of hydrogen-bond acceptors (Lipinski definition) is 4. The Morgan fingerprint density at radius 2 is 1.86 bits per heavy atom. The van der Waals surface area contributed by atoms with Crippen LogP contribution in [0, 0.1) is 5.92 Å². The Morgan fingerprint density at radius 1 is 1.29 bits per heavy atom. The molecule has 0 aromatic rings. The number of aliphatic carboxylic acids is 1. The van der Waals surface area contributed by atoms with Crippen LogP contribution in [0.2, 0.25) is 0 Å². The largest absolute Gasteiger partial charge is 0.480 e. The number of amides is 4. The highest BCUT2D eigenvalue weighted by atomic mass is 16.4. The maximum atomic E-state index is 11.9. The fourth-order valence-corrected chi connectivity index (χ4v) is 2.19. The lowest BCUT2D eigenvalue weighted by atomic mass is 9.96. The minimum absolute atomic E-state index is 0.0628. The molecule has 0 aliphatic carbocycles. The number of rotatable bonds is 5. The summed E-state index contributed by atoms with van der Waals surface area (Å²) < 4.78 is 0. The van der Waals surface area contributed by atoms with Gasteiger partial charge in [0.2, 0.25) is 11.8 Å². The third-order valence-corrected chi connectivity index (χ3v) is 3.40. The summed E-state index contributed by atoms with van der Waals surface area (Å²) in [5.74, 6) is -2.32. The zero-order valence-electron chi connectivity index (χ0n) is 11.8. The molecule has 9 heteroatoms. The summed E-state index contributed by atoms with van der Waals surface area (Å²) in [5, 5.41) is 13.7. The van der Waals surface area contributed by atoms with Gasteiger partial charge in [0.1, 0.15) is 6.04 Å². The molecule has 1 aliphatic rings. The van der Waals surface area contributed by atoms with Gasteiger partial charge in [-0.1, -0.05) is 0 Å². The summed E-state index contributed by atoms with van der Waals surface area (Å²) in [7, 11) is 1.56. The molecule has 1 fully saturated rings. The van der Waals surface area contributed by atoms with Crippen molar-refractivity contribution >= 4 is 23.8 Å². The van der Waals surface area contributed by atoms with Gasteiger partial charge in [-0.3, -0.25) is 9.59 Å². The minimum Gasteiger partial charge on any atom is -0.480 e. The van der Waals surface area contributed by atoms with Crippen molar-refractivity contribution in [1.29, 1.82) is 0 Å². The van der Waals surface area contributed by atoms with Gasteiger partial charge in [-0.15, -0.1) is 0 Å². The summed E-state index contributed by atoms with van der Waals surface area (Å²) in [6.07, 6.45) is 0.567. The molecule has 9 nitrogen and oxygen atoms in total. The maximum absolute atomic E-state index is 11.9. The molecule has 0 aromatic heterocycles. The van der Waals surface area contributed by atoms with E-state index < -0.39 is 30.4 Å². The molecular weight excluding hydrogens is 280 g/mol. The van der Waals surface area contributed by atoms with E-state index >= 15 is 0 Å². The first-order chi connectivity index (χ1) is 9.85. The van der Waals surface area contributed by atoms with Crippen LogP contribution in [0.3, 0.4) is 0 Å². The minimum atomic E-state index is -1.34. The molecule has 1 heterocycles. The first kappa shape index (κ1) is 16.7. The standard InChI is InChI=1S/C12H20N4O5/c1-14-10(18)7-2-4-16(5-3-7)12(21)15-8(11(19)20)6-9(13)17/h7-8H,2-6H2,1H3,(H2,13,17)(H,14,18)(H,15,21)(H,19,20)/t8-/m1/s1. The number of carbonyl (C=O) groups is 4. The van der Waals surface area contributed by atoms with Gasteiger partial charge < -0.3 is 26.4 Å². The van der Waals surface area contributed by atoms with E-state index in [0.29, 0.717) is 25.9 Å². The fraction of sp³-hybridized carbons (Fsp3) is 0.667. The van der Waals surface area contributed by atoms with Crippen LogP contribution in [0.15, 0.2) is 0 Å². The van der Waals surface area contributed by atoms with E-state index in [9.17, 15) is 19.2 Å². The molecule has 21 heavy (non-hydrogen) atoms. The Hall–Kier alpha value is -2.32. The highest BCUT2D eigenvalue weighted by Crippen LogP contribution is 2.17. The van der Waals surface area contributed by atoms with Crippen molar-refractivity contribution in [3.63, 3.8) is 0 Å². The lowest BCUT2D eigenvalue weighted by molar-refractivity contribution is -0.141. The SMILES string of the molecule is CNC(=O)C1CCN(C(=O)N[C@H](CC(N)=O)C(=O)O)CC1. The lowest BCUT2D eigenvalue weighted by Crippen LogP contribution is -2.52. The average Bonchev–Trinajstić information content (AvgIpc) is 2.45. The van der Waals surface area contributed by atoms with Crippen molar-refractivity contribution < 1.29 is 24.3 Å².